The van der Waals surface area contributed by atoms with Gasteiger partial charge >= 0.3 is 0 Å². The molecule has 0 aliphatic heterocycles. The lowest BCUT2D eigenvalue weighted by atomic mass is 10.1. The van der Waals surface area contributed by atoms with Gasteiger partial charge < -0.3 is 11.1 Å². The Morgan fingerprint density at radius 2 is 2.05 bits per heavy atom. The van der Waals surface area contributed by atoms with Crippen molar-refractivity contribution in [3.05, 3.63) is 64.2 Å². The second-order valence-corrected chi connectivity index (χ2v) is 5.84. The molecule has 21 heavy (non-hydrogen) atoms. The summed E-state index contributed by atoms with van der Waals surface area (Å²) in [6.07, 6.45) is 2.60. The van der Waals surface area contributed by atoms with E-state index >= 15 is 0 Å². The van der Waals surface area contributed by atoms with Gasteiger partial charge in [0.2, 0.25) is 5.91 Å². The number of nitrogens with two attached hydrogens (primary N) is 1. The molecule has 0 aromatic heterocycles. The molecule has 1 aliphatic carbocycles. The zero-order valence-corrected chi connectivity index (χ0v) is 12.4. The second kappa shape index (κ2) is 5.78. The lowest BCUT2D eigenvalue weighted by Gasteiger charge is -2.09. The molecule has 2 aromatic rings. The van der Waals surface area contributed by atoms with Crippen LogP contribution in [0.2, 0.25) is 5.02 Å². The molecule has 0 atom stereocenters. The van der Waals surface area contributed by atoms with E-state index in [4.69, 9.17) is 17.3 Å². The molecule has 1 saturated carbocycles. The number of rotatable bonds is 5. The lowest BCUT2D eigenvalue weighted by Crippen LogP contribution is -2.12. The first-order valence-electron chi connectivity index (χ1n) is 7.05. The minimum absolute atomic E-state index is 0.341. The molecule has 1 fully saturated rings. The van der Waals surface area contributed by atoms with E-state index in [-0.39, 0.29) is 0 Å². The van der Waals surface area contributed by atoms with E-state index in [0.717, 1.165) is 11.6 Å². The zero-order valence-electron chi connectivity index (χ0n) is 11.6. The summed E-state index contributed by atoms with van der Waals surface area (Å²) in [5.41, 5.74) is 9.13. The maximum Gasteiger partial charge on any atom is 0.250 e. The summed E-state index contributed by atoms with van der Waals surface area (Å²) in [4.78, 5) is 11.3. The quantitative estimate of drug-likeness (QED) is 0.879. The summed E-state index contributed by atoms with van der Waals surface area (Å²) >= 11 is 5.94. The highest BCUT2D eigenvalue weighted by Crippen LogP contribution is 2.40. The highest BCUT2D eigenvalue weighted by atomic mass is 35.5. The van der Waals surface area contributed by atoms with Crippen LogP contribution in [0.1, 0.15) is 40.2 Å². The van der Waals surface area contributed by atoms with Gasteiger partial charge in [-0.25, -0.2) is 0 Å². The summed E-state index contributed by atoms with van der Waals surface area (Å²) in [7, 11) is 0. The fourth-order valence-corrected chi connectivity index (χ4v) is 2.61. The molecule has 1 amide bonds. The number of hydrogen-bond acceptors (Lipinski definition) is 2. The zero-order chi connectivity index (χ0) is 14.8. The van der Waals surface area contributed by atoms with Crippen molar-refractivity contribution in [3.8, 4) is 0 Å². The molecule has 1 aliphatic rings. The number of carbonyl (C=O) groups excluding carboxylic acids is 1. The van der Waals surface area contributed by atoms with E-state index in [9.17, 15) is 4.79 Å². The first kappa shape index (κ1) is 14.0. The van der Waals surface area contributed by atoms with Gasteiger partial charge in [-0.05, 0) is 48.1 Å². The van der Waals surface area contributed by atoms with Crippen LogP contribution in [-0.4, -0.2) is 5.91 Å². The van der Waals surface area contributed by atoms with Gasteiger partial charge in [0.1, 0.15) is 0 Å². The number of anilines is 1. The third-order valence-electron chi connectivity index (χ3n) is 3.73. The van der Waals surface area contributed by atoms with Gasteiger partial charge in [-0.1, -0.05) is 35.9 Å². The summed E-state index contributed by atoms with van der Waals surface area (Å²) in [6.45, 7) is 0.709. The lowest BCUT2D eigenvalue weighted by molar-refractivity contribution is 0.100. The molecule has 0 spiro atoms. The Bertz CT molecular complexity index is 680. The summed E-state index contributed by atoms with van der Waals surface area (Å²) in [5.74, 6) is 0.237. The summed E-state index contributed by atoms with van der Waals surface area (Å²) < 4.78 is 0. The van der Waals surface area contributed by atoms with Crippen LogP contribution in [0, 0.1) is 0 Å². The van der Waals surface area contributed by atoms with Gasteiger partial charge in [0.05, 0.1) is 10.6 Å². The van der Waals surface area contributed by atoms with Crippen LogP contribution in [0.3, 0.4) is 0 Å². The van der Waals surface area contributed by atoms with Crippen molar-refractivity contribution in [1.82, 2.24) is 0 Å². The fourth-order valence-electron chi connectivity index (χ4n) is 2.40. The molecular weight excluding hydrogens is 284 g/mol. The Hall–Kier alpha value is -2.00. The van der Waals surface area contributed by atoms with E-state index in [2.05, 4.69) is 29.6 Å². The Balaban J connectivity index is 1.71. The maximum absolute atomic E-state index is 11.3. The predicted octanol–water partition coefficient (Wildman–Crippen LogP) is 3.93. The van der Waals surface area contributed by atoms with Crippen molar-refractivity contribution >= 4 is 23.2 Å². The van der Waals surface area contributed by atoms with E-state index < -0.39 is 5.91 Å². The number of benzene rings is 2. The van der Waals surface area contributed by atoms with Crippen LogP contribution in [0.4, 0.5) is 5.69 Å². The molecule has 3 nitrogen and oxygen atoms in total. The van der Waals surface area contributed by atoms with Gasteiger partial charge in [0.15, 0.2) is 0 Å². The normalized spacial score (nSPS) is 14.0. The van der Waals surface area contributed by atoms with Crippen molar-refractivity contribution in [2.75, 3.05) is 5.32 Å². The largest absolute Gasteiger partial charge is 0.381 e. The number of hydrogen-bond donors (Lipinski definition) is 2. The van der Waals surface area contributed by atoms with E-state index in [1.165, 1.54) is 24.0 Å². The fraction of sp³-hybridized carbons (Fsp3) is 0.235. The van der Waals surface area contributed by atoms with Gasteiger partial charge in [0.25, 0.3) is 0 Å². The van der Waals surface area contributed by atoms with Gasteiger partial charge in [-0.2, -0.15) is 0 Å². The van der Waals surface area contributed by atoms with E-state index in [1.807, 2.05) is 6.07 Å². The monoisotopic (exact) mass is 300 g/mol. The minimum atomic E-state index is -0.514. The molecule has 0 unspecified atom stereocenters. The number of nitrogens with one attached hydrogen (secondary N) is 1. The van der Waals surface area contributed by atoms with Crippen LogP contribution < -0.4 is 11.1 Å². The molecule has 108 valence electrons. The van der Waals surface area contributed by atoms with E-state index in [0.29, 0.717) is 17.1 Å². The first-order valence-corrected chi connectivity index (χ1v) is 7.43. The van der Waals surface area contributed by atoms with Crippen molar-refractivity contribution in [3.63, 3.8) is 0 Å². The molecule has 4 heteroatoms. The van der Waals surface area contributed by atoms with Crippen LogP contribution in [0.15, 0.2) is 42.5 Å². The predicted molar refractivity (Wildman–Crippen MR) is 85.7 cm³/mol. The van der Waals surface area contributed by atoms with Crippen molar-refractivity contribution in [2.24, 2.45) is 5.73 Å². The SMILES string of the molecule is NC(=O)c1cc(NCc2cccc(C3CC3)c2)ccc1Cl. The third-order valence-corrected chi connectivity index (χ3v) is 4.06. The maximum atomic E-state index is 11.3. The van der Waals surface area contributed by atoms with Crippen LogP contribution in [-0.2, 0) is 6.54 Å². The summed E-state index contributed by atoms with van der Waals surface area (Å²) in [5, 5.41) is 3.68. The Kier molecular flexibility index (Phi) is 3.84. The molecule has 2 aromatic carbocycles. The second-order valence-electron chi connectivity index (χ2n) is 5.43. The molecule has 0 bridgehead atoms. The molecule has 3 rings (SSSR count). The van der Waals surface area contributed by atoms with Crippen LogP contribution >= 0.6 is 11.6 Å². The number of halogens is 1. The summed E-state index contributed by atoms with van der Waals surface area (Å²) in [6, 6.07) is 13.9. The average Bonchev–Trinajstić information content (AvgIpc) is 3.31. The smallest absolute Gasteiger partial charge is 0.250 e. The van der Waals surface area contributed by atoms with Crippen molar-refractivity contribution in [2.45, 2.75) is 25.3 Å². The standard InChI is InChI=1S/C17H17ClN2O/c18-16-7-6-14(9-15(16)17(19)21)20-10-11-2-1-3-13(8-11)12-4-5-12/h1-3,6-9,12,20H,4-5,10H2,(H2,19,21). The Labute approximate surface area is 129 Å². The van der Waals surface area contributed by atoms with Gasteiger partial charge in [-0.3, -0.25) is 4.79 Å². The number of amides is 1. The Morgan fingerprint density at radius 1 is 1.24 bits per heavy atom. The van der Waals surface area contributed by atoms with Crippen LogP contribution in [0.25, 0.3) is 0 Å². The third kappa shape index (κ3) is 3.37. The van der Waals surface area contributed by atoms with Crippen molar-refractivity contribution in [1.29, 1.82) is 0 Å². The topological polar surface area (TPSA) is 55.1 Å². The number of carbonyl (C=O) groups is 1. The van der Waals surface area contributed by atoms with Crippen LogP contribution in [0.5, 0.6) is 0 Å². The van der Waals surface area contributed by atoms with Gasteiger partial charge in [0, 0.05) is 12.2 Å². The first-order chi connectivity index (χ1) is 10.1. The molecule has 3 N–H and O–H groups in total. The molecule has 0 saturated heterocycles. The molecule has 0 heterocycles. The number of primary amides is 1. The highest BCUT2D eigenvalue weighted by Gasteiger charge is 2.23. The van der Waals surface area contributed by atoms with Crippen molar-refractivity contribution < 1.29 is 4.79 Å². The van der Waals surface area contributed by atoms with Gasteiger partial charge in [-0.15, -0.1) is 0 Å². The molecular formula is C17H17ClN2O. The average molecular weight is 301 g/mol. The highest BCUT2D eigenvalue weighted by molar-refractivity contribution is 6.33. The Morgan fingerprint density at radius 3 is 2.76 bits per heavy atom. The molecule has 0 radical (unpaired) electrons. The minimum Gasteiger partial charge on any atom is -0.381 e. The van der Waals surface area contributed by atoms with E-state index in [1.54, 1.807) is 12.1 Å².